The Morgan fingerprint density at radius 3 is 1.31 bits per heavy atom. The first-order valence-corrected chi connectivity index (χ1v) is 22.0. The Kier molecular flexibility index (Phi) is 6.86. The topological polar surface area (TPSA) is 8.17 Å². The first kappa shape index (κ1) is 26.2. The maximum Gasteiger partial charge on any atom is 0.0645 e. The van der Waals surface area contributed by atoms with E-state index in [0.29, 0.717) is 5.56 Å². The molecular formula is C66H46N2. The van der Waals surface area contributed by atoms with Gasteiger partial charge in [0, 0.05) is 33.4 Å². The first-order valence-electron chi connectivity index (χ1n) is 30.5. The summed E-state index contributed by atoms with van der Waals surface area (Å²) in [5, 5.41) is 1.65. The first-order chi connectivity index (χ1) is 40.8. The highest BCUT2D eigenvalue weighted by molar-refractivity contribution is 6.11. The van der Waals surface area contributed by atoms with E-state index in [1.165, 1.54) is 0 Å². The van der Waals surface area contributed by atoms with Gasteiger partial charge in [-0.1, -0.05) is 218 Å². The Balaban J connectivity index is 1.05. The summed E-state index contributed by atoms with van der Waals surface area (Å²) in [5.41, 5.74) is 5.00. The summed E-state index contributed by atoms with van der Waals surface area (Å²) in [6.45, 7) is 0. The molecule has 0 aliphatic rings. The van der Waals surface area contributed by atoms with Crippen LogP contribution >= 0.6 is 0 Å². The minimum absolute atomic E-state index is 0.0414. The van der Waals surface area contributed by atoms with E-state index in [1.807, 2.05) is 140 Å². The van der Waals surface area contributed by atoms with E-state index in [2.05, 4.69) is 10.6 Å². The van der Waals surface area contributed by atoms with Gasteiger partial charge in [0.25, 0.3) is 0 Å². The Morgan fingerprint density at radius 1 is 0.279 bits per heavy atom. The lowest BCUT2D eigenvalue weighted by Crippen LogP contribution is -2.09. The molecule has 2 heteroatoms. The molecule has 11 aromatic carbocycles. The quantitative estimate of drug-likeness (QED) is 0.133. The van der Waals surface area contributed by atoms with Crippen molar-refractivity contribution >= 4 is 38.9 Å². The van der Waals surface area contributed by atoms with Crippen LogP contribution in [0.15, 0.2) is 279 Å². The molecule has 12 rings (SSSR count). The zero-order valence-corrected chi connectivity index (χ0v) is 36.1. The molecule has 0 aliphatic heterocycles. The minimum atomic E-state index is -0.880. The summed E-state index contributed by atoms with van der Waals surface area (Å²) in [4.78, 5) is 1.14. The van der Waals surface area contributed by atoms with Crippen LogP contribution < -0.4 is 4.90 Å². The molecule has 0 spiro atoms. The fourth-order valence-electron chi connectivity index (χ4n) is 8.72. The van der Waals surface area contributed by atoms with Crippen LogP contribution in [0.3, 0.4) is 0 Å². The Hall–Kier alpha value is -8.98. The fraction of sp³-hybridized carbons (Fsp3) is 0. The maximum atomic E-state index is 9.85. The van der Waals surface area contributed by atoms with Gasteiger partial charge < -0.3 is 9.47 Å². The second-order valence-electron chi connectivity index (χ2n) is 16.0. The van der Waals surface area contributed by atoms with Crippen molar-refractivity contribution in [2.45, 2.75) is 0 Å². The smallest absolute Gasteiger partial charge is 0.0645 e. The van der Waals surface area contributed by atoms with Gasteiger partial charge in [-0.25, -0.2) is 0 Å². The van der Waals surface area contributed by atoms with Crippen molar-refractivity contribution in [1.29, 1.82) is 0 Å². The van der Waals surface area contributed by atoms with Gasteiger partial charge in [0.05, 0.1) is 40.0 Å². The fourth-order valence-corrected chi connectivity index (χ4v) is 8.72. The lowest BCUT2D eigenvalue weighted by molar-refractivity contribution is 1.18. The molecule has 0 saturated carbocycles. The van der Waals surface area contributed by atoms with E-state index in [9.17, 15) is 13.7 Å². The number of rotatable bonds is 10. The molecular weight excluding hydrogens is 821 g/mol. The average molecular weight is 884 g/mol. The molecule has 1 heterocycles. The van der Waals surface area contributed by atoms with E-state index in [4.69, 9.17) is 9.60 Å². The summed E-state index contributed by atoms with van der Waals surface area (Å²) >= 11 is 0. The number of aromatic nitrogens is 1. The van der Waals surface area contributed by atoms with Crippen LogP contribution in [0.4, 0.5) is 17.1 Å². The number of hydrogen-bond acceptors (Lipinski definition) is 1. The molecule has 0 atom stereocenters. The Bertz CT molecular complexity index is 4620. The molecule has 320 valence electrons. The lowest BCUT2D eigenvalue weighted by atomic mass is 9.94. The lowest BCUT2D eigenvalue weighted by Gasteiger charge is -2.26. The number of fused-ring (bicyclic) bond motifs is 3. The van der Waals surface area contributed by atoms with Crippen LogP contribution in [0, 0.1) is 0 Å². The summed E-state index contributed by atoms with van der Waals surface area (Å²) in [5.74, 6) is 0. The van der Waals surface area contributed by atoms with Gasteiger partial charge in [0.2, 0.25) is 0 Å². The molecule has 0 aliphatic carbocycles. The summed E-state index contributed by atoms with van der Waals surface area (Å²) in [6.07, 6.45) is 0. The van der Waals surface area contributed by atoms with Crippen molar-refractivity contribution in [1.82, 2.24) is 4.57 Å². The van der Waals surface area contributed by atoms with Gasteiger partial charge in [0.1, 0.15) is 0 Å². The van der Waals surface area contributed by atoms with Crippen LogP contribution in [0.25, 0.3) is 94.3 Å². The Labute approximate surface area is 421 Å². The van der Waals surface area contributed by atoms with Gasteiger partial charge in [0.15, 0.2) is 0 Å². The molecule has 0 amide bonds. The molecule has 68 heavy (non-hydrogen) atoms. The molecule has 12 aromatic rings. The van der Waals surface area contributed by atoms with Crippen molar-refractivity contribution in [3.05, 3.63) is 279 Å². The molecule has 0 fully saturated rings. The third-order valence-electron chi connectivity index (χ3n) is 11.9. The molecule has 1 aromatic heterocycles. The van der Waals surface area contributed by atoms with E-state index >= 15 is 0 Å². The second-order valence-corrected chi connectivity index (χ2v) is 16.0. The monoisotopic (exact) mass is 883 g/mol. The van der Waals surface area contributed by atoms with Crippen molar-refractivity contribution in [2.75, 3.05) is 4.90 Å². The second kappa shape index (κ2) is 17.8. The third kappa shape index (κ3) is 7.64. The molecule has 0 bridgehead atoms. The highest BCUT2D eigenvalue weighted by atomic mass is 15.1. The number of nitrogens with zero attached hydrogens (tertiary/aromatic N) is 2. The summed E-state index contributed by atoms with van der Waals surface area (Å²) in [7, 11) is 0. The maximum absolute atomic E-state index is 9.85. The molecule has 0 radical (unpaired) electrons. The van der Waals surface area contributed by atoms with Crippen LogP contribution in [0.2, 0.25) is 0 Å². The Morgan fingerprint density at radius 2 is 0.706 bits per heavy atom. The summed E-state index contributed by atoms with van der Waals surface area (Å²) in [6, 6.07) is 42.9. The zero-order valence-electron chi connectivity index (χ0n) is 53.1. The van der Waals surface area contributed by atoms with Gasteiger partial charge in [-0.15, -0.1) is 0 Å². The van der Waals surface area contributed by atoms with Crippen LogP contribution in [0.5, 0.6) is 0 Å². The standard InChI is InChI=1S/C66H46N2/c1-4-16-47(17-5-1)48-28-30-49(31-29-48)50-32-39-56(40-33-50)67(58-43-36-54(37-44-58)60-23-11-10-22-59(60)52-18-6-2-7-19-52)57-41-34-51(35-42-57)55-38-45-66-63(46-55)62-25-13-15-27-65(62)68(66)64-26-14-12-24-61(64)53-20-8-3-9-21-53/h1-46H/i1D,4D,5D,16D,17D,28D,29D,30D,31D,32D,33D,34D,35D,39D,40D,41D,42D. The summed E-state index contributed by atoms with van der Waals surface area (Å²) < 4.78 is 158. The van der Waals surface area contributed by atoms with E-state index in [-0.39, 0.29) is 11.3 Å². The number of benzene rings is 11. The molecule has 0 saturated heterocycles. The van der Waals surface area contributed by atoms with Crippen LogP contribution in [0.1, 0.15) is 23.3 Å². The molecule has 0 N–H and O–H groups in total. The van der Waals surface area contributed by atoms with Crippen molar-refractivity contribution in [3.63, 3.8) is 0 Å². The van der Waals surface area contributed by atoms with Crippen molar-refractivity contribution < 1.29 is 23.3 Å². The molecule has 0 unspecified atom stereocenters. The van der Waals surface area contributed by atoms with E-state index in [1.54, 1.807) is 30.3 Å². The number of para-hydroxylation sites is 2. The highest BCUT2D eigenvalue weighted by Gasteiger charge is 2.18. The third-order valence-corrected chi connectivity index (χ3v) is 11.9. The number of anilines is 3. The highest BCUT2D eigenvalue weighted by Crippen LogP contribution is 2.41. The van der Waals surface area contributed by atoms with E-state index < -0.39 is 136 Å². The number of hydrogen-bond donors (Lipinski definition) is 0. The largest absolute Gasteiger partial charge is 0.311 e. The van der Waals surface area contributed by atoms with Crippen LogP contribution in [-0.4, -0.2) is 4.57 Å². The van der Waals surface area contributed by atoms with Crippen molar-refractivity contribution in [2.24, 2.45) is 0 Å². The molecule has 2 nitrogen and oxygen atoms in total. The average Bonchev–Trinajstić information content (AvgIpc) is 1.98. The normalized spacial score (nSPS) is 14.7. The predicted octanol–water partition coefficient (Wildman–Crippen LogP) is 18.3. The van der Waals surface area contributed by atoms with Gasteiger partial charge in [-0.05, 0) is 122 Å². The van der Waals surface area contributed by atoms with Gasteiger partial charge in [-0.3, -0.25) is 0 Å². The SMILES string of the molecule is [2H]c1c([2H])c([2H])c(-c2c([2H])c([2H])c(-c3c([2H])c([2H])c(N(c4ccc(-c5ccccc5-c5ccccc5)cc4)c4c([2H])c([2H])c(-c5ccc6c(c5)c5ccccc5n6-c5ccccc5-c5ccccc5)c([2H])c4[2H])c([2H])c3[2H])c([2H])c2[2H])c([2H])c1[2H]. The predicted molar refractivity (Wildman–Crippen MR) is 288 cm³/mol. The zero-order chi connectivity index (χ0) is 60.0. The van der Waals surface area contributed by atoms with Crippen LogP contribution in [-0.2, 0) is 0 Å². The van der Waals surface area contributed by atoms with Crippen molar-refractivity contribution in [3.8, 4) is 72.4 Å². The van der Waals surface area contributed by atoms with E-state index in [0.717, 1.165) is 65.8 Å². The van der Waals surface area contributed by atoms with Gasteiger partial charge >= 0.3 is 0 Å². The van der Waals surface area contributed by atoms with Gasteiger partial charge in [-0.2, -0.15) is 0 Å². The minimum Gasteiger partial charge on any atom is -0.311 e.